The van der Waals surface area contributed by atoms with Gasteiger partial charge in [0.15, 0.2) is 0 Å². The number of allylic oxidation sites excluding steroid dienone is 2. The highest BCUT2D eigenvalue weighted by atomic mass is 15.3. The summed E-state index contributed by atoms with van der Waals surface area (Å²) < 4.78 is 0. The average molecular weight is 278 g/mol. The normalized spacial score (nSPS) is 26.9. The first-order chi connectivity index (χ1) is 9.36. The minimum Gasteiger partial charge on any atom is -0.301 e. The fourth-order valence-corrected chi connectivity index (χ4v) is 3.57. The highest BCUT2D eigenvalue weighted by molar-refractivity contribution is 5.09. The lowest BCUT2D eigenvalue weighted by molar-refractivity contribution is 0.0544. The Labute approximate surface area is 126 Å². The van der Waals surface area contributed by atoms with E-state index in [9.17, 15) is 0 Å². The average Bonchev–Trinajstić information content (AvgIpc) is 2.39. The van der Waals surface area contributed by atoms with Gasteiger partial charge >= 0.3 is 0 Å². The molecule has 0 bridgehead atoms. The molecule has 2 rings (SSSR count). The summed E-state index contributed by atoms with van der Waals surface area (Å²) in [6.45, 7) is 18.0. The van der Waals surface area contributed by atoms with E-state index in [0.29, 0.717) is 5.54 Å². The third-order valence-corrected chi connectivity index (χ3v) is 5.13. The Hall–Kier alpha value is -0.340. The first-order valence-corrected chi connectivity index (χ1v) is 8.52. The zero-order valence-corrected chi connectivity index (χ0v) is 14.3. The van der Waals surface area contributed by atoms with Crippen LogP contribution in [0.4, 0.5) is 0 Å². The molecule has 0 saturated carbocycles. The van der Waals surface area contributed by atoms with E-state index in [0.717, 1.165) is 11.8 Å². The van der Waals surface area contributed by atoms with Crippen molar-refractivity contribution in [3.8, 4) is 0 Å². The van der Waals surface area contributed by atoms with E-state index in [4.69, 9.17) is 0 Å². The van der Waals surface area contributed by atoms with Crippen LogP contribution in [-0.4, -0.2) is 48.1 Å². The molecule has 116 valence electrons. The molecule has 1 unspecified atom stereocenters. The third-order valence-electron chi connectivity index (χ3n) is 5.13. The summed E-state index contributed by atoms with van der Waals surface area (Å²) in [7, 11) is 0. The van der Waals surface area contributed by atoms with Crippen LogP contribution >= 0.6 is 0 Å². The predicted octanol–water partition coefficient (Wildman–Crippen LogP) is 3.79. The van der Waals surface area contributed by atoms with Gasteiger partial charge in [0.2, 0.25) is 0 Å². The monoisotopic (exact) mass is 278 g/mol. The molecule has 20 heavy (non-hydrogen) atoms. The number of piperazine rings is 1. The second kappa shape index (κ2) is 6.62. The van der Waals surface area contributed by atoms with E-state index in [1.165, 1.54) is 52.0 Å². The van der Waals surface area contributed by atoms with Crippen molar-refractivity contribution in [1.82, 2.24) is 9.80 Å². The van der Waals surface area contributed by atoms with Gasteiger partial charge in [0, 0.05) is 38.3 Å². The number of rotatable bonds is 3. The molecule has 0 N–H and O–H groups in total. The van der Waals surface area contributed by atoms with Crippen LogP contribution in [0, 0.1) is 11.8 Å². The van der Waals surface area contributed by atoms with E-state index < -0.39 is 0 Å². The second-order valence-corrected chi connectivity index (χ2v) is 8.03. The first kappa shape index (κ1) is 16.0. The lowest BCUT2D eigenvalue weighted by Gasteiger charge is -2.43. The van der Waals surface area contributed by atoms with Crippen LogP contribution in [0.25, 0.3) is 0 Å². The highest BCUT2D eigenvalue weighted by Gasteiger charge is 2.27. The molecule has 0 amide bonds. The van der Waals surface area contributed by atoms with Gasteiger partial charge in [-0.3, -0.25) is 4.90 Å². The first-order valence-electron chi connectivity index (χ1n) is 8.52. The maximum absolute atomic E-state index is 2.70. The van der Waals surface area contributed by atoms with Crippen molar-refractivity contribution in [2.24, 2.45) is 11.8 Å². The van der Waals surface area contributed by atoms with Crippen molar-refractivity contribution in [3.63, 3.8) is 0 Å². The van der Waals surface area contributed by atoms with Crippen LogP contribution in [0.5, 0.6) is 0 Å². The quantitative estimate of drug-likeness (QED) is 0.725. The number of hydrogen-bond acceptors (Lipinski definition) is 2. The van der Waals surface area contributed by atoms with Gasteiger partial charge in [-0.05, 0) is 51.9 Å². The van der Waals surface area contributed by atoms with Crippen LogP contribution in [-0.2, 0) is 0 Å². The highest BCUT2D eigenvalue weighted by Crippen LogP contribution is 2.28. The molecular weight excluding hydrogens is 244 g/mol. The van der Waals surface area contributed by atoms with Gasteiger partial charge in [-0.25, -0.2) is 0 Å². The molecule has 1 aliphatic heterocycles. The minimum absolute atomic E-state index is 0.339. The van der Waals surface area contributed by atoms with Gasteiger partial charge in [0.25, 0.3) is 0 Å². The standard InChI is InChI=1S/C18H34N2/c1-15(2)17-8-6-16(7-9-17)14-19-10-12-20(13-11-19)18(3,4)5/h8,15-16H,6-7,9-14H2,1-5H3. The Bertz CT molecular complexity index is 330. The molecule has 0 radical (unpaired) electrons. The number of nitrogens with zero attached hydrogens (tertiary/aromatic N) is 2. The molecule has 2 aliphatic rings. The van der Waals surface area contributed by atoms with E-state index >= 15 is 0 Å². The van der Waals surface area contributed by atoms with Gasteiger partial charge in [0.1, 0.15) is 0 Å². The summed E-state index contributed by atoms with van der Waals surface area (Å²) in [6, 6.07) is 0. The summed E-state index contributed by atoms with van der Waals surface area (Å²) in [5, 5.41) is 0. The topological polar surface area (TPSA) is 6.48 Å². The van der Waals surface area contributed by atoms with Gasteiger partial charge in [-0.2, -0.15) is 0 Å². The molecule has 2 nitrogen and oxygen atoms in total. The van der Waals surface area contributed by atoms with E-state index in [2.05, 4.69) is 50.5 Å². The minimum atomic E-state index is 0.339. The summed E-state index contributed by atoms with van der Waals surface area (Å²) in [6.07, 6.45) is 6.59. The summed E-state index contributed by atoms with van der Waals surface area (Å²) in [5.41, 5.74) is 2.03. The molecule has 0 aromatic heterocycles. The lowest BCUT2D eigenvalue weighted by Crippen LogP contribution is -2.54. The smallest absolute Gasteiger partial charge is 0.0126 e. The predicted molar refractivity (Wildman–Crippen MR) is 88.0 cm³/mol. The van der Waals surface area contributed by atoms with Crippen LogP contribution in [0.1, 0.15) is 53.9 Å². The zero-order chi connectivity index (χ0) is 14.8. The summed E-state index contributed by atoms with van der Waals surface area (Å²) in [4.78, 5) is 5.32. The molecule has 1 aliphatic carbocycles. The van der Waals surface area contributed by atoms with Crippen molar-refractivity contribution in [3.05, 3.63) is 11.6 Å². The van der Waals surface area contributed by atoms with Crippen molar-refractivity contribution < 1.29 is 0 Å². The fourth-order valence-electron chi connectivity index (χ4n) is 3.57. The molecular formula is C18H34N2. The van der Waals surface area contributed by atoms with E-state index in [1.807, 2.05) is 0 Å². The molecule has 1 atom stereocenters. The number of hydrogen-bond donors (Lipinski definition) is 0. The Kier molecular flexibility index (Phi) is 5.30. The Morgan fingerprint density at radius 1 is 1.15 bits per heavy atom. The molecule has 0 aromatic carbocycles. The van der Waals surface area contributed by atoms with Crippen LogP contribution in [0.3, 0.4) is 0 Å². The molecule has 1 heterocycles. The zero-order valence-electron chi connectivity index (χ0n) is 14.3. The summed E-state index contributed by atoms with van der Waals surface area (Å²) >= 11 is 0. The molecule has 0 spiro atoms. The van der Waals surface area contributed by atoms with Crippen LogP contribution in [0.15, 0.2) is 11.6 Å². The molecule has 0 aromatic rings. The van der Waals surface area contributed by atoms with Gasteiger partial charge < -0.3 is 4.90 Å². The summed E-state index contributed by atoms with van der Waals surface area (Å²) in [5.74, 6) is 1.66. The largest absolute Gasteiger partial charge is 0.301 e. The lowest BCUT2D eigenvalue weighted by atomic mass is 9.85. The van der Waals surface area contributed by atoms with Gasteiger partial charge in [-0.1, -0.05) is 25.5 Å². The maximum Gasteiger partial charge on any atom is 0.0126 e. The van der Waals surface area contributed by atoms with E-state index in [1.54, 1.807) is 5.57 Å². The van der Waals surface area contributed by atoms with Crippen LogP contribution < -0.4 is 0 Å². The molecule has 2 heteroatoms. The maximum atomic E-state index is 2.70. The van der Waals surface area contributed by atoms with Crippen molar-refractivity contribution >= 4 is 0 Å². The van der Waals surface area contributed by atoms with Crippen molar-refractivity contribution in [2.75, 3.05) is 32.7 Å². The fraction of sp³-hybridized carbons (Fsp3) is 0.889. The Morgan fingerprint density at radius 3 is 2.25 bits per heavy atom. The second-order valence-electron chi connectivity index (χ2n) is 8.03. The van der Waals surface area contributed by atoms with Gasteiger partial charge in [-0.15, -0.1) is 0 Å². The third kappa shape index (κ3) is 4.33. The Morgan fingerprint density at radius 2 is 1.80 bits per heavy atom. The van der Waals surface area contributed by atoms with Crippen molar-refractivity contribution in [1.29, 1.82) is 0 Å². The molecule has 1 saturated heterocycles. The van der Waals surface area contributed by atoms with Gasteiger partial charge in [0.05, 0.1) is 0 Å². The molecule has 1 fully saturated rings. The van der Waals surface area contributed by atoms with Crippen molar-refractivity contribution in [2.45, 2.75) is 59.4 Å². The van der Waals surface area contributed by atoms with Crippen LogP contribution in [0.2, 0.25) is 0 Å². The SMILES string of the molecule is CC(C)C1=CCC(CN2CCN(C(C)(C)C)CC2)CC1. The Balaban J connectivity index is 1.74. The van der Waals surface area contributed by atoms with E-state index in [-0.39, 0.29) is 0 Å².